The molecule has 0 unspecified atom stereocenters. The van der Waals surface area contributed by atoms with E-state index in [-0.39, 0.29) is 11.0 Å². The monoisotopic (exact) mass is 155 g/mol. The van der Waals surface area contributed by atoms with Crippen molar-refractivity contribution in [2.45, 2.75) is 46.6 Å². The second kappa shape index (κ2) is 2.23. The van der Waals surface area contributed by atoms with Gasteiger partial charge >= 0.3 is 0 Å². The van der Waals surface area contributed by atoms with Gasteiger partial charge in [-0.25, -0.2) is 0 Å². The molecule has 0 fully saturated rings. The van der Waals surface area contributed by atoms with E-state index in [0.717, 1.165) is 6.42 Å². The van der Waals surface area contributed by atoms with Crippen molar-refractivity contribution < 1.29 is 4.84 Å². The summed E-state index contributed by atoms with van der Waals surface area (Å²) < 4.78 is 0. The molecule has 2 heteroatoms. The van der Waals surface area contributed by atoms with Gasteiger partial charge in [0, 0.05) is 11.8 Å². The second-order valence-electron chi connectivity index (χ2n) is 4.82. The smallest absolute Gasteiger partial charge is 0.137 e. The average Bonchev–Trinajstić information content (AvgIpc) is 2.07. The molecular weight excluding hydrogens is 138 g/mol. The lowest BCUT2D eigenvalue weighted by Crippen LogP contribution is -2.25. The number of oxime groups is 1. The van der Waals surface area contributed by atoms with Crippen LogP contribution in [0.3, 0.4) is 0 Å². The Hall–Kier alpha value is -0.530. The van der Waals surface area contributed by atoms with Crippen molar-refractivity contribution in [3.8, 4) is 0 Å². The van der Waals surface area contributed by atoms with Crippen LogP contribution in [0.25, 0.3) is 0 Å². The van der Waals surface area contributed by atoms with Crippen molar-refractivity contribution in [1.82, 2.24) is 0 Å². The van der Waals surface area contributed by atoms with Gasteiger partial charge in [-0.2, -0.15) is 0 Å². The van der Waals surface area contributed by atoms with Crippen LogP contribution in [0, 0.1) is 5.41 Å². The van der Waals surface area contributed by atoms with Gasteiger partial charge in [0.2, 0.25) is 0 Å². The fraction of sp³-hybridized carbons (Fsp3) is 0.889. The summed E-state index contributed by atoms with van der Waals surface area (Å²) in [5.41, 5.74) is 1.25. The Bertz CT molecular complexity index is 186. The predicted octanol–water partition coefficient (Wildman–Crippen LogP) is 2.59. The third-order valence-corrected chi connectivity index (χ3v) is 1.86. The molecule has 0 saturated heterocycles. The van der Waals surface area contributed by atoms with Crippen LogP contribution in [0.1, 0.15) is 41.0 Å². The van der Waals surface area contributed by atoms with Crippen molar-refractivity contribution in [2.24, 2.45) is 10.6 Å². The largest absolute Gasteiger partial charge is 0.389 e. The first-order valence-corrected chi connectivity index (χ1v) is 4.07. The van der Waals surface area contributed by atoms with Gasteiger partial charge in [0.15, 0.2) is 0 Å². The molecule has 0 aliphatic carbocycles. The van der Waals surface area contributed by atoms with Gasteiger partial charge in [-0.15, -0.1) is 0 Å². The highest BCUT2D eigenvalue weighted by Gasteiger charge is 2.34. The summed E-state index contributed by atoms with van der Waals surface area (Å²) in [5, 5.41) is 4.08. The highest BCUT2D eigenvalue weighted by molar-refractivity contribution is 5.90. The van der Waals surface area contributed by atoms with Gasteiger partial charge < -0.3 is 4.84 Å². The molecule has 0 saturated carbocycles. The molecule has 0 aromatic rings. The minimum atomic E-state index is -0.0807. The Morgan fingerprint density at radius 2 is 1.91 bits per heavy atom. The molecule has 1 aliphatic rings. The molecule has 0 aromatic heterocycles. The number of hydrogen-bond donors (Lipinski definition) is 0. The normalized spacial score (nSPS) is 22.8. The van der Waals surface area contributed by atoms with Crippen LogP contribution in [-0.4, -0.2) is 11.3 Å². The molecule has 0 N–H and O–H groups in total. The van der Waals surface area contributed by atoms with Crippen LogP contribution in [0.15, 0.2) is 5.16 Å². The Kier molecular flexibility index (Phi) is 1.73. The molecule has 0 amide bonds. The van der Waals surface area contributed by atoms with Crippen molar-refractivity contribution >= 4 is 5.71 Å². The SMILES string of the molecule is CC1(C)CC(C(C)(C)C)=NO1. The number of rotatable bonds is 0. The first kappa shape index (κ1) is 8.57. The summed E-state index contributed by atoms with van der Waals surface area (Å²) in [4.78, 5) is 5.27. The fourth-order valence-electron chi connectivity index (χ4n) is 1.05. The van der Waals surface area contributed by atoms with Crippen LogP contribution in [-0.2, 0) is 4.84 Å². The minimum absolute atomic E-state index is 0.0807. The van der Waals surface area contributed by atoms with Crippen molar-refractivity contribution in [1.29, 1.82) is 0 Å². The lowest BCUT2D eigenvalue weighted by Gasteiger charge is -2.19. The summed E-state index contributed by atoms with van der Waals surface area (Å²) >= 11 is 0. The molecule has 0 atom stereocenters. The van der Waals surface area contributed by atoms with Gasteiger partial charge in [0.05, 0.1) is 5.71 Å². The fourth-order valence-corrected chi connectivity index (χ4v) is 1.05. The molecular formula is C9H17NO. The highest BCUT2D eigenvalue weighted by atomic mass is 16.7. The van der Waals surface area contributed by atoms with Crippen LogP contribution < -0.4 is 0 Å². The summed E-state index contributed by atoms with van der Waals surface area (Å²) in [6.07, 6.45) is 0.955. The van der Waals surface area contributed by atoms with E-state index in [4.69, 9.17) is 4.84 Å². The first-order valence-electron chi connectivity index (χ1n) is 4.07. The Morgan fingerprint density at radius 1 is 1.36 bits per heavy atom. The Labute approximate surface area is 68.6 Å². The molecule has 1 heterocycles. The van der Waals surface area contributed by atoms with Crippen LogP contribution in [0.2, 0.25) is 0 Å². The Balaban J connectivity index is 2.68. The molecule has 1 aliphatic heterocycles. The quantitative estimate of drug-likeness (QED) is 0.527. The summed E-state index contributed by atoms with van der Waals surface area (Å²) in [6, 6.07) is 0. The van der Waals surface area contributed by atoms with Gasteiger partial charge in [-0.1, -0.05) is 25.9 Å². The van der Waals surface area contributed by atoms with E-state index in [1.807, 2.05) is 0 Å². The highest BCUT2D eigenvalue weighted by Crippen LogP contribution is 2.30. The molecule has 1 rings (SSSR count). The maximum absolute atomic E-state index is 5.27. The summed E-state index contributed by atoms with van der Waals surface area (Å²) in [5.74, 6) is 0. The summed E-state index contributed by atoms with van der Waals surface area (Å²) in [6.45, 7) is 10.6. The van der Waals surface area contributed by atoms with E-state index in [9.17, 15) is 0 Å². The van der Waals surface area contributed by atoms with Crippen LogP contribution >= 0.6 is 0 Å². The zero-order valence-electron chi connectivity index (χ0n) is 8.06. The standard InChI is InChI=1S/C9H17NO/c1-8(2,3)7-6-9(4,5)11-10-7/h6H2,1-5H3. The first-order chi connectivity index (χ1) is 4.81. The molecule has 0 spiro atoms. The number of nitrogens with zero attached hydrogens (tertiary/aromatic N) is 1. The minimum Gasteiger partial charge on any atom is -0.389 e. The summed E-state index contributed by atoms with van der Waals surface area (Å²) in [7, 11) is 0. The lowest BCUT2D eigenvalue weighted by atomic mass is 9.84. The topological polar surface area (TPSA) is 21.6 Å². The molecule has 2 nitrogen and oxygen atoms in total. The van der Waals surface area contributed by atoms with Crippen LogP contribution in [0.5, 0.6) is 0 Å². The van der Waals surface area contributed by atoms with Crippen molar-refractivity contribution in [2.75, 3.05) is 0 Å². The van der Waals surface area contributed by atoms with Gasteiger partial charge in [-0.05, 0) is 13.8 Å². The molecule has 0 radical (unpaired) electrons. The molecule has 64 valence electrons. The van der Waals surface area contributed by atoms with E-state index in [0.29, 0.717) is 0 Å². The maximum Gasteiger partial charge on any atom is 0.137 e. The van der Waals surface area contributed by atoms with Gasteiger partial charge in [0.1, 0.15) is 5.60 Å². The second-order valence-corrected chi connectivity index (χ2v) is 4.82. The molecule has 0 bridgehead atoms. The average molecular weight is 155 g/mol. The van der Waals surface area contributed by atoms with E-state index in [2.05, 4.69) is 39.8 Å². The zero-order valence-corrected chi connectivity index (χ0v) is 8.06. The van der Waals surface area contributed by atoms with E-state index in [1.54, 1.807) is 0 Å². The third kappa shape index (κ3) is 1.95. The molecule has 11 heavy (non-hydrogen) atoms. The van der Waals surface area contributed by atoms with Crippen molar-refractivity contribution in [3.63, 3.8) is 0 Å². The zero-order chi connectivity index (χ0) is 8.70. The van der Waals surface area contributed by atoms with E-state index < -0.39 is 0 Å². The predicted molar refractivity (Wildman–Crippen MR) is 46.7 cm³/mol. The third-order valence-electron chi connectivity index (χ3n) is 1.86. The van der Waals surface area contributed by atoms with Crippen molar-refractivity contribution in [3.05, 3.63) is 0 Å². The van der Waals surface area contributed by atoms with Gasteiger partial charge in [0.25, 0.3) is 0 Å². The van der Waals surface area contributed by atoms with E-state index in [1.165, 1.54) is 5.71 Å². The molecule has 0 aromatic carbocycles. The van der Waals surface area contributed by atoms with Gasteiger partial charge in [-0.3, -0.25) is 0 Å². The van der Waals surface area contributed by atoms with Crippen LogP contribution in [0.4, 0.5) is 0 Å². The Morgan fingerprint density at radius 3 is 2.09 bits per heavy atom. The lowest BCUT2D eigenvalue weighted by molar-refractivity contribution is 0.0123. The number of hydrogen-bond acceptors (Lipinski definition) is 2. The van der Waals surface area contributed by atoms with E-state index >= 15 is 0 Å². The maximum atomic E-state index is 5.27.